The van der Waals surface area contributed by atoms with Gasteiger partial charge in [0.05, 0.1) is 4.92 Å². The van der Waals surface area contributed by atoms with Gasteiger partial charge in [-0.05, 0) is 36.8 Å². The first-order valence-electron chi connectivity index (χ1n) is 7.10. The number of nitro benzene ring substituents is 1. The Balaban J connectivity index is 2.19. The molecule has 0 saturated heterocycles. The van der Waals surface area contributed by atoms with Crippen LogP contribution in [0.3, 0.4) is 0 Å². The fourth-order valence-corrected chi connectivity index (χ4v) is 2.49. The molecule has 1 amide bonds. The van der Waals surface area contributed by atoms with Crippen LogP contribution in [0.2, 0.25) is 0 Å². The van der Waals surface area contributed by atoms with Gasteiger partial charge in [0.2, 0.25) is 0 Å². The van der Waals surface area contributed by atoms with Crippen molar-refractivity contribution in [1.29, 1.82) is 5.26 Å². The fraction of sp³-hybridized carbons (Fsp3) is 0.0588. The molecular weight excluding hydrogens is 388 g/mol. The van der Waals surface area contributed by atoms with Crippen molar-refractivity contribution in [3.63, 3.8) is 0 Å². The molecule has 0 radical (unpaired) electrons. The summed E-state index contributed by atoms with van der Waals surface area (Å²) in [6.45, 7) is 1.88. The third kappa shape index (κ3) is 4.65. The molecule has 2 aromatic rings. The van der Waals surface area contributed by atoms with E-state index in [-0.39, 0.29) is 16.9 Å². The van der Waals surface area contributed by atoms with E-state index in [4.69, 9.17) is 0 Å². The van der Waals surface area contributed by atoms with Crippen molar-refractivity contribution >= 4 is 38.9 Å². The van der Waals surface area contributed by atoms with E-state index in [1.807, 2.05) is 19.1 Å². The number of rotatable bonds is 5. The number of carbonyl (C=O) groups excluding carboxylic acids is 1. The number of nitro groups is 1. The predicted molar refractivity (Wildman–Crippen MR) is 97.9 cm³/mol. The number of hydrogen-bond acceptors (Lipinski definition) is 5. The molecule has 0 aliphatic heterocycles. The van der Waals surface area contributed by atoms with Gasteiger partial charge in [0.25, 0.3) is 11.6 Å². The Bertz CT molecular complexity index is 903. The van der Waals surface area contributed by atoms with Crippen LogP contribution in [0.25, 0.3) is 0 Å². The SMILES string of the molecule is Cc1cc(Br)ccc1N/C=C(/C#N)C(=O)Nc1ccccc1[N+](=O)[O-]. The molecule has 0 heterocycles. The number of nitrogens with zero attached hydrogens (tertiary/aromatic N) is 2. The Kier molecular flexibility index (Phi) is 5.87. The molecular formula is C17H13BrN4O3. The number of amides is 1. The summed E-state index contributed by atoms with van der Waals surface area (Å²) in [6.07, 6.45) is 1.26. The average molecular weight is 401 g/mol. The Morgan fingerprint density at radius 1 is 1.28 bits per heavy atom. The van der Waals surface area contributed by atoms with Gasteiger partial charge in [0, 0.05) is 22.4 Å². The third-order valence-corrected chi connectivity index (χ3v) is 3.77. The maximum atomic E-state index is 12.2. The summed E-state index contributed by atoms with van der Waals surface area (Å²) in [5.74, 6) is -0.737. The molecule has 7 nitrogen and oxygen atoms in total. The van der Waals surface area contributed by atoms with Gasteiger partial charge < -0.3 is 10.6 Å². The van der Waals surface area contributed by atoms with Gasteiger partial charge in [0.15, 0.2) is 0 Å². The van der Waals surface area contributed by atoms with Crippen LogP contribution in [0.4, 0.5) is 17.1 Å². The van der Waals surface area contributed by atoms with Crippen LogP contribution < -0.4 is 10.6 Å². The minimum absolute atomic E-state index is 0.0264. The molecule has 0 unspecified atom stereocenters. The molecule has 0 aliphatic carbocycles. The van der Waals surface area contributed by atoms with Crippen molar-refractivity contribution in [3.05, 3.63) is 74.4 Å². The summed E-state index contributed by atoms with van der Waals surface area (Å²) in [4.78, 5) is 22.6. The molecule has 2 aromatic carbocycles. The molecule has 2 N–H and O–H groups in total. The first-order valence-corrected chi connectivity index (χ1v) is 7.89. The molecule has 0 spiro atoms. The molecule has 0 fully saturated rings. The lowest BCUT2D eigenvalue weighted by molar-refractivity contribution is -0.383. The van der Waals surface area contributed by atoms with E-state index in [1.54, 1.807) is 18.2 Å². The van der Waals surface area contributed by atoms with Crippen LogP contribution >= 0.6 is 15.9 Å². The smallest absolute Gasteiger partial charge is 0.292 e. The zero-order chi connectivity index (χ0) is 18.4. The first-order chi connectivity index (χ1) is 11.9. The average Bonchev–Trinajstić information content (AvgIpc) is 2.57. The van der Waals surface area contributed by atoms with E-state index in [1.165, 1.54) is 24.4 Å². The maximum Gasteiger partial charge on any atom is 0.292 e. The molecule has 0 atom stereocenters. The Morgan fingerprint density at radius 3 is 2.64 bits per heavy atom. The van der Waals surface area contributed by atoms with Crippen LogP contribution in [0.5, 0.6) is 0 Å². The Hall–Kier alpha value is -3.18. The monoisotopic (exact) mass is 400 g/mol. The topological polar surface area (TPSA) is 108 Å². The lowest BCUT2D eigenvalue weighted by Gasteiger charge is -2.08. The van der Waals surface area contributed by atoms with Gasteiger partial charge in [-0.3, -0.25) is 14.9 Å². The van der Waals surface area contributed by atoms with Crippen LogP contribution in [0.15, 0.2) is 58.7 Å². The second-order valence-electron chi connectivity index (χ2n) is 5.00. The maximum absolute atomic E-state index is 12.2. The quantitative estimate of drug-likeness (QED) is 0.339. The number of carbonyl (C=O) groups is 1. The highest BCUT2D eigenvalue weighted by molar-refractivity contribution is 9.10. The molecule has 0 saturated carbocycles. The van der Waals surface area contributed by atoms with E-state index < -0.39 is 10.8 Å². The second kappa shape index (κ2) is 8.08. The van der Waals surface area contributed by atoms with Crippen molar-refractivity contribution in [1.82, 2.24) is 0 Å². The van der Waals surface area contributed by atoms with Gasteiger partial charge >= 0.3 is 0 Å². The van der Waals surface area contributed by atoms with Crippen molar-refractivity contribution in [2.75, 3.05) is 10.6 Å². The largest absolute Gasteiger partial charge is 0.360 e. The summed E-state index contributed by atoms with van der Waals surface area (Å²) in [5, 5.41) is 25.4. The van der Waals surface area contributed by atoms with Gasteiger partial charge in [-0.25, -0.2) is 0 Å². The number of nitriles is 1. The molecule has 8 heteroatoms. The molecule has 126 valence electrons. The first kappa shape index (κ1) is 18.2. The van der Waals surface area contributed by atoms with Crippen LogP contribution in [0, 0.1) is 28.4 Å². The summed E-state index contributed by atoms with van der Waals surface area (Å²) in [5.41, 5.74) is 1.22. The van der Waals surface area contributed by atoms with Crippen molar-refractivity contribution in [2.45, 2.75) is 6.92 Å². The van der Waals surface area contributed by atoms with Gasteiger partial charge in [-0.15, -0.1) is 0 Å². The van der Waals surface area contributed by atoms with Gasteiger partial charge in [-0.1, -0.05) is 28.1 Å². The van der Waals surface area contributed by atoms with Crippen molar-refractivity contribution < 1.29 is 9.72 Å². The number of benzene rings is 2. The normalized spacial score (nSPS) is 10.7. The van der Waals surface area contributed by atoms with Gasteiger partial charge in [0.1, 0.15) is 17.3 Å². The van der Waals surface area contributed by atoms with E-state index in [2.05, 4.69) is 26.6 Å². The van der Waals surface area contributed by atoms with E-state index in [0.29, 0.717) is 0 Å². The van der Waals surface area contributed by atoms with E-state index in [0.717, 1.165) is 15.7 Å². The lowest BCUT2D eigenvalue weighted by atomic mass is 10.2. The summed E-state index contributed by atoms with van der Waals surface area (Å²) >= 11 is 3.35. The standard InChI is InChI=1S/C17H13BrN4O3/c1-11-8-13(18)6-7-14(11)20-10-12(9-19)17(23)21-15-4-2-3-5-16(15)22(24)25/h2-8,10,20H,1H3,(H,21,23)/b12-10-. The highest BCUT2D eigenvalue weighted by atomic mass is 79.9. The zero-order valence-corrected chi connectivity index (χ0v) is 14.7. The predicted octanol–water partition coefficient (Wildman–Crippen LogP) is 4.12. The Labute approximate surface area is 152 Å². The molecule has 25 heavy (non-hydrogen) atoms. The molecule has 2 rings (SSSR count). The molecule has 0 aliphatic rings. The van der Waals surface area contributed by atoms with Crippen LogP contribution in [-0.4, -0.2) is 10.8 Å². The highest BCUT2D eigenvalue weighted by Crippen LogP contribution is 2.24. The third-order valence-electron chi connectivity index (χ3n) is 3.27. The minimum atomic E-state index is -0.737. The number of aryl methyl sites for hydroxylation is 1. The zero-order valence-electron chi connectivity index (χ0n) is 13.1. The molecule has 0 bridgehead atoms. The Morgan fingerprint density at radius 2 is 2.00 bits per heavy atom. The number of hydrogen-bond donors (Lipinski definition) is 2. The van der Waals surface area contributed by atoms with Crippen LogP contribution in [-0.2, 0) is 4.79 Å². The van der Waals surface area contributed by atoms with Crippen LogP contribution in [0.1, 0.15) is 5.56 Å². The summed E-state index contributed by atoms with van der Waals surface area (Å²) in [7, 11) is 0. The number of nitrogens with one attached hydrogen (secondary N) is 2. The summed E-state index contributed by atoms with van der Waals surface area (Å²) < 4.78 is 0.911. The number of halogens is 1. The van der Waals surface area contributed by atoms with Crippen molar-refractivity contribution in [3.8, 4) is 6.07 Å². The second-order valence-corrected chi connectivity index (χ2v) is 5.92. The highest BCUT2D eigenvalue weighted by Gasteiger charge is 2.17. The van der Waals surface area contributed by atoms with Crippen molar-refractivity contribution in [2.24, 2.45) is 0 Å². The number of anilines is 2. The minimum Gasteiger partial charge on any atom is -0.360 e. The lowest BCUT2D eigenvalue weighted by Crippen LogP contribution is -2.15. The fourth-order valence-electron chi connectivity index (χ4n) is 2.02. The summed E-state index contributed by atoms with van der Waals surface area (Å²) in [6, 6.07) is 13.0. The van der Waals surface area contributed by atoms with E-state index in [9.17, 15) is 20.2 Å². The van der Waals surface area contributed by atoms with E-state index >= 15 is 0 Å². The number of para-hydroxylation sites is 2. The molecule has 0 aromatic heterocycles. The van der Waals surface area contributed by atoms with Gasteiger partial charge in [-0.2, -0.15) is 5.26 Å².